The van der Waals surface area contributed by atoms with Crippen molar-refractivity contribution >= 4 is 17.9 Å². The van der Waals surface area contributed by atoms with Crippen LogP contribution in [0.15, 0.2) is 87.9 Å². The van der Waals surface area contributed by atoms with Crippen LogP contribution in [0.4, 0.5) is 13.2 Å². The molecule has 0 spiro atoms. The summed E-state index contributed by atoms with van der Waals surface area (Å²) < 4.78 is 37.9. The van der Waals surface area contributed by atoms with Gasteiger partial charge in [-0.1, -0.05) is 30.4 Å². The first-order valence-electron chi connectivity index (χ1n) is 9.03. The fraction of sp³-hybridized carbons (Fsp3) is 0.143. The highest BCUT2D eigenvalue weighted by atomic mass is 19.4. The Morgan fingerprint density at radius 1 is 1.20 bits per heavy atom. The summed E-state index contributed by atoms with van der Waals surface area (Å²) in [5, 5.41) is 10.9. The number of nitrogens with zero attached hydrogens (tertiary/aromatic N) is 4. The first kappa shape index (κ1) is 21.0. The first-order chi connectivity index (χ1) is 14.4. The summed E-state index contributed by atoms with van der Waals surface area (Å²) in [6.45, 7) is 0.406. The quantitative estimate of drug-likeness (QED) is 0.445. The smallest absolute Gasteiger partial charge is 0.382 e. The Balaban J connectivity index is 1.73. The summed E-state index contributed by atoms with van der Waals surface area (Å²) in [7, 11) is 0. The fourth-order valence-electron chi connectivity index (χ4n) is 2.55. The maximum absolute atomic E-state index is 12.6. The van der Waals surface area contributed by atoms with E-state index < -0.39 is 11.7 Å². The third-order valence-electron chi connectivity index (χ3n) is 4.08. The van der Waals surface area contributed by atoms with Crippen LogP contribution in [-0.2, 0) is 12.7 Å². The summed E-state index contributed by atoms with van der Waals surface area (Å²) in [6.07, 6.45) is 6.55. The summed E-state index contributed by atoms with van der Waals surface area (Å²) in [6, 6.07) is 8.35. The number of hydrogen-bond acceptors (Lipinski definition) is 4. The van der Waals surface area contributed by atoms with Gasteiger partial charge in [-0.2, -0.15) is 18.3 Å². The topological polar surface area (TPSA) is 88.0 Å². The Bertz CT molecular complexity index is 1000. The molecule has 0 amide bonds. The zero-order valence-corrected chi connectivity index (χ0v) is 15.8. The predicted molar refractivity (Wildman–Crippen MR) is 111 cm³/mol. The summed E-state index contributed by atoms with van der Waals surface area (Å²) >= 11 is 0. The lowest BCUT2D eigenvalue weighted by Crippen LogP contribution is -2.28. The Morgan fingerprint density at radius 3 is 2.70 bits per heavy atom. The van der Waals surface area contributed by atoms with Crippen LogP contribution in [0.1, 0.15) is 23.1 Å². The van der Waals surface area contributed by atoms with Gasteiger partial charge in [-0.05, 0) is 41.9 Å². The van der Waals surface area contributed by atoms with E-state index in [0.29, 0.717) is 29.9 Å². The number of halogens is 3. The highest BCUT2D eigenvalue weighted by Crippen LogP contribution is 2.28. The van der Waals surface area contributed by atoms with E-state index in [1.807, 2.05) is 24.3 Å². The zero-order valence-electron chi connectivity index (χ0n) is 15.8. The van der Waals surface area contributed by atoms with E-state index in [0.717, 1.165) is 17.7 Å². The minimum Gasteiger partial charge on any atom is -0.382 e. The molecule has 1 aromatic heterocycles. The molecule has 0 bridgehead atoms. The van der Waals surface area contributed by atoms with Gasteiger partial charge in [0.05, 0.1) is 23.9 Å². The monoisotopic (exact) mass is 412 g/mol. The van der Waals surface area contributed by atoms with Crippen molar-refractivity contribution in [3.8, 4) is 0 Å². The van der Waals surface area contributed by atoms with E-state index in [1.54, 1.807) is 18.6 Å². The zero-order chi connectivity index (χ0) is 21.4. The Kier molecular flexibility index (Phi) is 6.74. The van der Waals surface area contributed by atoms with Crippen LogP contribution < -0.4 is 11.1 Å². The van der Waals surface area contributed by atoms with Crippen molar-refractivity contribution in [1.82, 2.24) is 10.3 Å². The number of allylic oxidation sites excluding steroid dienone is 2. The van der Waals surface area contributed by atoms with Gasteiger partial charge in [0.15, 0.2) is 5.84 Å². The normalized spacial score (nSPS) is 16.4. The minimum atomic E-state index is -4.38. The number of hydrogen-bond donors (Lipinski definition) is 2. The maximum Gasteiger partial charge on any atom is 0.416 e. The van der Waals surface area contributed by atoms with Crippen molar-refractivity contribution < 1.29 is 13.2 Å². The van der Waals surface area contributed by atoms with Crippen LogP contribution >= 0.6 is 0 Å². The molecule has 6 nitrogen and oxygen atoms in total. The lowest BCUT2D eigenvalue weighted by molar-refractivity contribution is -0.137. The lowest BCUT2D eigenvalue weighted by Gasteiger charge is -2.09. The molecule has 9 heteroatoms. The van der Waals surface area contributed by atoms with E-state index >= 15 is 0 Å². The van der Waals surface area contributed by atoms with Gasteiger partial charge in [0.25, 0.3) is 0 Å². The number of pyridine rings is 1. The second-order valence-corrected chi connectivity index (χ2v) is 6.28. The van der Waals surface area contributed by atoms with Crippen molar-refractivity contribution in [2.75, 3.05) is 0 Å². The van der Waals surface area contributed by atoms with Crippen LogP contribution in [0, 0.1) is 0 Å². The van der Waals surface area contributed by atoms with Crippen LogP contribution in [0.5, 0.6) is 0 Å². The van der Waals surface area contributed by atoms with Crippen LogP contribution in [0.2, 0.25) is 0 Å². The second-order valence-electron chi connectivity index (χ2n) is 6.28. The van der Waals surface area contributed by atoms with Gasteiger partial charge in [-0.25, -0.2) is 0 Å². The van der Waals surface area contributed by atoms with Crippen molar-refractivity contribution in [2.45, 2.75) is 19.1 Å². The Morgan fingerprint density at radius 2 is 2.00 bits per heavy atom. The number of rotatable bonds is 5. The van der Waals surface area contributed by atoms with E-state index in [-0.39, 0.29) is 5.84 Å². The molecular weight excluding hydrogens is 393 g/mol. The molecule has 0 fully saturated rings. The molecule has 2 heterocycles. The highest BCUT2D eigenvalue weighted by Gasteiger charge is 2.29. The van der Waals surface area contributed by atoms with Crippen molar-refractivity contribution in [2.24, 2.45) is 20.9 Å². The van der Waals surface area contributed by atoms with E-state index in [2.05, 4.69) is 25.5 Å². The molecule has 1 aliphatic rings. The lowest BCUT2D eigenvalue weighted by atomic mass is 10.1. The first-order valence-corrected chi connectivity index (χ1v) is 9.03. The van der Waals surface area contributed by atoms with Crippen molar-refractivity contribution in [3.63, 3.8) is 0 Å². The summed E-state index contributed by atoms with van der Waals surface area (Å²) in [5.41, 5.74) is 7.36. The van der Waals surface area contributed by atoms with Crippen LogP contribution in [0.3, 0.4) is 0 Å². The summed E-state index contributed by atoms with van der Waals surface area (Å²) in [5.74, 6) is 0.679. The van der Waals surface area contributed by atoms with Gasteiger partial charge in [0.2, 0.25) is 0 Å². The maximum atomic E-state index is 12.6. The van der Waals surface area contributed by atoms with Gasteiger partial charge in [-0.15, -0.1) is 5.10 Å². The molecule has 1 aliphatic heterocycles. The van der Waals surface area contributed by atoms with E-state index in [9.17, 15) is 13.2 Å². The molecule has 1 aromatic carbocycles. The summed E-state index contributed by atoms with van der Waals surface area (Å²) in [4.78, 5) is 8.60. The van der Waals surface area contributed by atoms with E-state index in [4.69, 9.17) is 5.73 Å². The predicted octanol–water partition coefficient (Wildman–Crippen LogP) is 3.82. The molecule has 0 radical (unpaired) electrons. The molecule has 0 saturated carbocycles. The number of nitrogens with two attached hydrogens (primary N) is 1. The largest absolute Gasteiger partial charge is 0.416 e. The molecular formula is C21H19F3N6. The van der Waals surface area contributed by atoms with Gasteiger partial charge >= 0.3 is 6.18 Å². The minimum absolute atomic E-state index is 0.138. The molecule has 2 aromatic rings. The highest BCUT2D eigenvalue weighted by molar-refractivity contribution is 6.22. The van der Waals surface area contributed by atoms with Crippen molar-refractivity contribution in [3.05, 3.63) is 89.4 Å². The number of benzene rings is 1. The van der Waals surface area contributed by atoms with Gasteiger partial charge in [0.1, 0.15) is 5.84 Å². The Hall–Kier alpha value is -3.75. The van der Waals surface area contributed by atoms with Crippen molar-refractivity contribution in [1.29, 1.82) is 0 Å². The fourth-order valence-corrected chi connectivity index (χ4v) is 2.55. The third-order valence-corrected chi connectivity index (χ3v) is 4.08. The molecule has 3 rings (SSSR count). The third kappa shape index (κ3) is 5.87. The molecule has 0 unspecified atom stereocenters. The molecule has 30 heavy (non-hydrogen) atoms. The Labute approximate surface area is 171 Å². The second kappa shape index (κ2) is 9.64. The molecule has 154 valence electrons. The number of aromatic nitrogens is 1. The molecule has 0 atom stereocenters. The number of nitrogens with one attached hydrogen (secondary N) is 1. The van der Waals surface area contributed by atoms with E-state index in [1.165, 1.54) is 18.3 Å². The number of alkyl halides is 3. The average Bonchev–Trinajstić information content (AvgIpc) is 2.98. The van der Waals surface area contributed by atoms with Crippen LogP contribution in [-0.4, -0.2) is 22.9 Å². The van der Waals surface area contributed by atoms with Gasteiger partial charge in [0, 0.05) is 12.4 Å². The molecule has 0 aliphatic carbocycles. The van der Waals surface area contributed by atoms with Gasteiger partial charge < -0.3 is 11.1 Å². The number of aliphatic imine (C=N–C) groups is 1. The average molecular weight is 412 g/mol. The number of amidine groups is 2. The van der Waals surface area contributed by atoms with Crippen LogP contribution in [0.25, 0.3) is 0 Å². The molecule has 0 saturated heterocycles. The standard InChI is InChI=1S/C21H19F3N6/c22-21(23,24)17-8-6-15(7-9-17)14-29-30-19(25)18-5-1-2-11-27-20(18)28-13-16-4-3-10-26-12-16/h2-12,14H,1,13H2,(H2,25,30)(H,27,28)/b29-14+. The van der Waals surface area contributed by atoms with Gasteiger partial charge in [-0.3, -0.25) is 9.98 Å². The SMILES string of the molecule is N/C(=N\N=C\c1ccc(C(F)(F)F)cc1)C1=CCC=CNC1=NCc1cccnc1. The molecule has 3 N–H and O–H groups in total.